The van der Waals surface area contributed by atoms with E-state index in [0.29, 0.717) is 6.42 Å². The fourth-order valence-electron chi connectivity index (χ4n) is 4.97. The highest BCUT2D eigenvalue weighted by molar-refractivity contribution is 5.86. The van der Waals surface area contributed by atoms with Crippen LogP contribution in [-0.4, -0.2) is 21.9 Å². The molecule has 4 aromatic rings. The number of hydrogen-bond acceptors (Lipinski definition) is 4. The Morgan fingerprint density at radius 3 is 2.65 bits per heavy atom. The molecule has 2 heterocycles. The van der Waals surface area contributed by atoms with Gasteiger partial charge in [0.15, 0.2) is 0 Å². The van der Waals surface area contributed by atoms with Crippen LogP contribution in [0, 0.1) is 11.3 Å². The number of aryl methyl sites for hydroxylation is 2. The van der Waals surface area contributed by atoms with Crippen molar-refractivity contribution in [2.75, 3.05) is 7.11 Å². The SMILES string of the molecule is COc1nc2cc(C(C)(C#N)Cc3nn(C)c4ccccc34)ccc2c2c1CCCC2. The zero-order chi connectivity index (χ0) is 21.6. The van der Waals surface area contributed by atoms with Gasteiger partial charge in [0, 0.05) is 29.8 Å². The second kappa shape index (κ2) is 7.39. The molecule has 1 aliphatic rings. The molecule has 156 valence electrons. The molecule has 31 heavy (non-hydrogen) atoms. The molecule has 5 heteroatoms. The Balaban J connectivity index is 1.61. The van der Waals surface area contributed by atoms with Gasteiger partial charge in [0.25, 0.3) is 0 Å². The third-order valence-electron chi connectivity index (χ3n) is 6.70. The van der Waals surface area contributed by atoms with E-state index in [1.165, 1.54) is 29.4 Å². The molecule has 1 atom stereocenters. The first-order valence-corrected chi connectivity index (χ1v) is 10.9. The Bertz CT molecular complexity index is 1350. The van der Waals surface area contributed by atoms with Crippen LogP contribution in [-0.2, 0) is 31.7 Å². The topological polar surface area (TPSA) is 63.7 Å². The van der Waals surface area contributed by atoms with Crippen molar-refractivity contribution >= 4 is 21.8 Å². The second-order valence-electron chi connectivity index (χ2n) is 8.73. The molecule has 1 aliphatic carbocycles. The van der Waals surface area contributed by atoms with Crippen molar-refractivity contribution in [3.63, 3.8) is 0 Å². The standard InChI is InChI=1S/C26H26N4O/c1-26(16-27,15-23-21-10-6-7-11-24(21)30(2)29-23)17-12-13-19-18-8-4-5-9-20(18)25(31-3)28-22(19)14-17/h6-7,10-14H,4-5,8-9,15H2,1-3H3. The van der Waals surface area contributed by atoms with Crippen LogP contribution >= 0.6 is 0 Å². The summed E-state index contributed by atoms with van der Waals surface area (Å²) in [6.07, 6.45) is 4.99. The van der Waals surface area contributed by atoms with Crippen LogP contribution in [0.3, 0.4) is 0 Å². The van der Waals surface area contributed by atoms with Gasteiger partial charge in [-0.05, 0) is 55.9 Å². The maximum absolute atomic E-state index is 10.2. The number of ether oxygens (including phenoxy) is 1. The lowest BCUT2D eigenvalue weighted by atomic mass is 9.78. The predicted molar refractivity (Wildman–Crippen MR) is 122 cm³/mol. The van der Waals surface area contributed by atoms with Crippen LogP contribution < -0.4 is 4.74 Å². The smallest absolute Gasteiger partial charge is 0.217 e. The summed E-state index contributed by atoms with van der Waals surface area (Å²) in [6.45, 7) is 1.99. The number of fused-ring (bicyclic) bond motifs is 4. The predicted octanol–water partition coefficient (Wildman–Crippen LogP) is 5.03. The van der Waals surface area contributed by atoms with E-state index in [4.69, 9.17) is 14.8 Å². The normalized spacial score (nSPS) is 15.4. The quantitative estimate of drug-likeness (QED) is 0.473. The molecule has 0 aliphatic heterocycles. The van der Waals surface area contributed by atoms with Crippen molar-refractivity contribution in [3.05, 3.63) is 64.8 Å². The van der Waals surface area contributed by atoms with Crippen molar-refractivity contribution in [1.82, 2.24) is 14.8 Å². The number of hydrogen-bond donors (Lipinski definition) is 0. The third kappa shape index (κ3) is 3.14. The first-order chi connectivity index (χ1) is 15.0. The Morgan fingerprint density at radius 2 is 1.87 bits per heavy atom. The Hall–Kier alpha value is -3.39. The average Bonchev–Trinajstić information content (AvgIpc) is 3.13. The highest BCUT2D eigenvalue weighted by Gasteiger charge is 2.30. The Morgan fingerprint density at radius 1 is 1.10 bits per heavy atom. The van der Waals surface area contributed by atoms with E-state index in [0.717, 1.165) is 46.4 Å². The van der Waals surface area contributed by atoms with E-state index in [2.05, 4.69) is 36.4 Å². The molecule has 1 unspecified atom stereocenters. The summed E-state index contributed by atoms with van der Waals surface area (Å²) in [4.78, 5) is 4.83. The third-order valence-corrected chi connectivity index (χ3v) is 6.70. The van der Waals surface area contributed by atoms with Gasteiger partial charge in [0.1, 0.15) is 0 Å². The molecule has 0 amide bonds. The summed E-state index contributed by atoms with van der Waals surface area (Å²) in [5, 5.41) is 17.2. The van der Waals surface area contributed by atoms with E-state index in [1.807, 2.05) is 30.8 Å². The molecular formula is C26H26N4O. The highest BCUT2D eigenvalue weighted by Crippen LogP contribution is 2.37. The fourth-order valence-corrected chi connectivity index (χ4v) is 4.97. The first kappa shape index (κ1) is 19.6. The Labute approximate surface area is 182 Å². The minimum Gasteiger partial charge on any atom is -0.481 e. The number of para-hydroxylation sites is 1. The fraction of sp³-hybridized carbons (Fsp3) is 0.346. The van der Waals surface area contributed by atoms with E-state index < -0.39 is 5.41 Å². The van der Waals surface area contributed by atoms with Crippen LogP contribution in [0.15, 0.2) is 42.5 Å². The molecule has 2 aromatic carbocycles. The van der Waals surface area contributed by atoms with Gasteiger partial charge in [0.05, 0.1) is 35.3 Å². The Kier molecular flexibility index (Phi) is 4.66. The van der Waals surface area contributed by atoms with Crippen LogP contribution in [0.4, 0.5) is 0 Å². The lowest BCUT2D eigenvalue weighted by molar-refractivity contribution is 0.391. The molecular weight excluding hydrogens is 384 g/mol. The number of pyridine rings is 1. The van der Waals surface area contributed by atoms with E-state index in [-0.39, 0.29) is 0 Å². The summed E-state index contributed by atoms with van der Waals surface area (Å²) < 4.78 is 7.52. The summed E-state index contributed by atoms with van der Waals surface area (Å²) >= 11 is 0. The number of nitrogens with zero attached hydrogens (tertiary/aromatic N) is 4. The summed E-state index contributed by atoms with van der Waals surface area (Å²) in [7, 11) is 3.64. The van der Waals surface area contributed by atoms with Gasteiger partial charge in [-0.3, -0.25) is 4.68 Å². The minimum atomic E-state index is -0.712. The van der Waals surface area contributed by atoms with Gasteiger partial charge in [-0.1, -0.05) is 30.3 Å². The summed E-state index contributed by atoms with van der Waals surface area (Å²) in [5.74, 6) is 0.730. The van der Waals surface area contributed by atoms with Crippen molar-refractivity contribution < 1.29 is 4.74 Å². The number of benzene rings is 2. The van der Waals surface area contributed by atoms with Crippen LogP contribution in [0.25, 0.3) is 21.8 Å². The monoisotopic (exact) mass is 410 g/mol. The van der Waals surface area contributed by atoms with E-state index >= 15 is 0 Å². The lowest BCUT2D eigenvalue weighted by Crippen LogP contribution is -2.23. The van der Waals surface area contributed by atoms with Gasteiger partial charge in [-0.2, -0.15) is 10.4 Å². The van der Waals surface area contributed by atoms with Crippen LogP contribution in [0.2, 0.25) is 0 Å². The largest absolute Gasteiger partial charge is 0.481 e. The molecule has 0 saturated heterocycles. The molecule has 5 rings (SSSR count). The zero-order valence-electron chi connectivity index (χ0n) is 18.3. The number of nitriles is 1. The highest BCUT2D eigenvalue weighted by atomic mass is 16.5. The molecule has 0 saturated carbocycles. The number of aromatic nitrogens is 3. The van der Waals surface area contributed by atoms with Crippen molar-refractivity contribution in [2.45, 2.75) is 44.4 Å². The average molecular weight is 411 g/mol. The van der Waals surface area contributed by atoms with Gasteiger partial charge in [0.2, 0.25) is 5.88 Å². The summed E-state index contributed by atoms with van der Waals surface area (Å²) in [6, 6.07) is 17.1. The molecule has 5 nitrogen and oxygen atoms in total. The van der Waals surface area contributed by atoms with Gasteiger partial charge in [-0.15, -0.1) is 0 Å². The van der Waals surface area contributed by atoms with Crippen molar-refractivity contribution in [1.29, 1.82) is 5.26 Å². The maximum atomic E-state index is 10.2. The molecule has 0 spiro atoms. The van der Waals surface area contributed by atoms with E-state index in [1.54, 1.807) is 7.11 Å². The van der Waals surface area contributed by atoms with Gasteiger partial charge < -0.3 is 4.74 Å². The molecule has 0 fully saturated rings. The molecule has 0 N–H and O–H groups in total. The van der Waals surface area contributed by atoms with Crippen LogP contribution in [0.5, 0.6) is 5.88 Å². The second-order valence-corrected chi connectivity index (χ2v) is 8.73. The molecule has 0 bridgehead atoms. The minimum absolute atomic E-state index is 0.540. The van der Waals surface area contributed by atoms with Gasteiger partial charge in [-0.25, -0.2) is 4.98 Å². The first-order valence-electron chi connectivity index (χ1n) is 10.9. The zero-order valence-corrected chi connectivity index (χ0v) is 18.3. The lowest BCUT2D eigenvalue weighted by Gasteiger charge is -2.24. The molecule has 0 radical (unpaired) electrons. The number of rotatable bonds is 4. The maximum Gasteiger partial charge on any atom is 0.217 e. The van der Waals surface area contributed by atoms with Crippen molar-refractivity contribution in [2.24, 2.45) is 7.05 Å². The van der Waals surface area contributed by atoms with Gasteiger partial charge >= 0.3 is 0 Å². The summed E-state index contributed by atoms with van der Waals surface area (Å²) in [5.41, 5.74) is 5.78. The van der Waals surface area contributed by atoms with E-state index in [9.17, 15) is 5.26 Å². The van der Waals surface area contributed by atoms with Crippen LogP contribution in [0.1, 0.15) is 42.1 Å². The van der Waals surface area contributed by atoms with Crippen molar-refractivity contribution in [3.8, 4) is 11.9 Å². The number of methoxy groups -OCH3 is 1. The molecule has 2 aromatic heterocycles.